The van der Waals surface area contributed by atoms with Crippen LogP contribution in [0.15, 0.2) is 60.8 Å². The lowest BCUT2D eigenvalue weighted by Crippen LogP contribution is -2.14. The van der Waals surface area contributed by atoms with Gasteiger partial charge in [0.2, 0.25) is 6.79 Å². The summed E-state index contributed by atoms with van der Waals surface area (Å²) in [6.45, 7) is 0.826. The normalized spacial score (nSPS) is 11.9. The van der Waals surface area contributed by atoms with Crippen molar-refractivity contribution in [2.45, 2.75) is 6.54 Å². The van der Waals surface area contributed by atoms with Gasteiger partial charge < -0.3 is 20.1 Å². The molecule has 1 aliphatic rings. The fraction of sp³-hybridized carbons (Fsp3) is 0.100. The van der Waals surface area contributed by atoms with E-state index in [0.29, 0.717) is 22.9 Å². The van der Waals surface area contributed by atoms with Crippen LogP contribution >= 0.6 is 11.6 Å². The van der Waals surface area contributed by atoms with Crippen LogP contribution in [0, 0.1) is 0 Å². The third-order valence-electron chi connectivity index (χ3n) is 4.05. The van der Waals surface area contributed by atoms with Gasteiger partial charge in [0.25, 0.3) is 5.91 Å². The van der Waals surface area contributed by atoms with Crippen molar-refractivity contribution in [3.8, 4) is 11.5 Å². The van der Waals surface area contributed by atoms with Crippen LogP contribution in [-0.2, 0) is 6.54 Å². The molecule has 0 unspecified atom stereocenters. The first-order valence-corrected chi connectivity index (χ1v) is 8.71. The van der Waals surface area contributed by atoms with Crippen molar-refractivity contribution in [1.82, 2.24) is 4.98 Å². The number of nitrogens with zero attached hydrogens (tertiary/aromatic N) is 1. The Labute approximate surface area is 161 Å². The van der Waals surface area contributed by atoms with Gasteiger partial charge in [-0.2, -0.15) is 0 Å². The van der Waals surface area contributed by atoms with Crippen LogP contribution in [0.5, 0.6) is 11.5 Å². The molecule has 3 aromatic rings. The molecule has 2 heterocycles. The van der Waals surface area contributed by atoms with Crippen LogP contribution < -0.4 is 20.1 Å². The summed E-state index contributed by atoms with van der Waals surface area (Å²) in [7, 11) is 0. The topological polar surface area (TPSA) is 72.5 Å². The molecule has 1 amide bonds. The highest BCUT2D eigenvalue weighted by Crippen LogP contribution is 2.32. The summed E-state index contributed by atoms with van der Waals surface area (Å²) < 4.78 is 10.7. The summed E-state index contributed by atoms with van der Waals surface area (Å²) in [5.41, 5.74) is 2.67. The highest BCUT2D eigenvalue weighted by Gasteiger charge is 2.13. The van der Waals surface area contributed by atoms with Crippen molar-refractivity contribution < 1.29 is 14.3 Å². The molecule has 4 rings (SSSR count). The number of ether oxygens (including phenoxy) is 2. The molecule has 136 valence electrons. The number of hydrogen-bond acceptors (Lipinski definition) is 5. The lowest BCUT2D eigenvalue weighted by molar-refractivity contribution is 0.102. The third-order valence-corrected chi connectivity index (χ3v) is 4.38. The second-order valence-corrected chi connectivity index (χ2v) is 6.31. The molecule has 6 nitrogen and oxygen atoms in total. The zero-order chi connectivity index (χ0) is 18.6. The molecule has 0 fully saturated rings. The maximum atomic E-state index is 12.4. The molecule has 1 aliphatic heterocycles. The number of carbonyl (C=O) groups is 1. The molecule has 2 N–H and O–H groups in total. The average molecular weight is 382 g/mol. The van der Waals surface area contributed by atoms with E-state index in [0.717, 1.165) is 22.7 Å². The Hall–Kier alpha value is -3.25. The minimum Gasteiger partial charge on any atom is -0.454 e. The van der Waals surface area contributed by atoms with Crippen LogP contribution in [0.2, 0.25) is 5.02 Å². The molecule has 0 saturated carbocycles. The minimum absolute atomic E-state index is 0.250. The second kappa shape index (κ2) is 7.55. The van der Waals surface area contributed by atoms with Gasteiger partial charge in [0.15, 0.2) is 11.5 Å². The molecule has 0 atom stereocenters. The van der Waals surface area contributed by atoms with E-state index in [2.05, 4.69) is 15.6 Å². The van der Waals surface area contributed by atoms with Crippen molar-refractivity contribution in [1.29, 1.82) is 0 Å². The summed E-state index contributed by atoms with van der Waals surface area (Å²) in [5.74, 6) is 1.17. The summed E-state index contributed by atoms with van der Waals surface area (Å²) >= 11 is 6.08. The largest absolute Gasteiger partial charge is 0.454 e. The van der Waals surface area contributed by atoms with Crippen molar-refractivity contribution in [3.05, 3.63) is 77.1 Å². The molecule has 0 radical (unpaired) electrons. The van der Waals surface area contributed by atoms with Crippen molar-refractivity contribution in [2.75, 3.05) is 17.4 Å². The number of fused-ring (bicyclic) bond motifs is 1. The molecule has 0 aliphatic carbocycles. The number of aromatic nitrogens is 1. The lowest BCUT2D eigenvalue weighted by atomic mass is 10.2. The number of benzene rings is 2. The fourth-order valence-corrected chi connectivity index (χ4v) is 2.85. The predicted molar refractivity (Wildman–Crippen MR) is 104 cm³/mol. The van der Waals surface area contributed by atoms with E-state index < -0.39 is 0 Å². The molecule has 0 bridgehead atoms. The predicted octanol–water partition coefficient (Wildman–Crippen LogP) is 4.33. The number of halogens is 1. The average Bonchev–Trinajstić information content (AvgIpc) is 3.16. The van der Waals surface area contributed by atoms with Gasteiger partial charge in [-0.05, 0) is 42.0 Å². The van der Waals surface area contributed by atoms with Gasteiger partial charge in [0.05, 0.1) is 10.7 Å². The van der Waals surface area contributed by atoms with Crippen LogP contribution in [0.25, 0.3) is 0 Å². The molecule has 1 aromatic heterocycles. The van der Waals surface area contributed by atoms with E-state index in [1.807, 2.05) is 18.2 Å². The highest BCUT2D eigenvalue weighted by molar-refractivity contribution is 6.33. The number of nitrogens with one attached hydrogen (secondary N) is 2. The SMILES string of the molecule is O=C(Nc1ccccc1Cl)c1cc(NCc2ccc3c(c2)OCO3)ccn1. The Kier molecular flexibility index (Phi) is 4.80. The van der Waals surface area contributed by atoms with Gasteiger partial charge in [-0.15, -0.1) is 0 Å². The number of para-hydroxylation sites is 1. The van der Waals surface area contributed by atoms with Gasteiger partial charge in [0.1, 0.15) is 5.69 Å². The number of rotatable bonds is 5. The first-order valence-electron chi connectivity index (χ1n) is 8.33. The number of amides is 1. The summed E-state index contributed by atoms with van der Waals surface area (Å²) in [5, 5.41) is 6.52. The first kappa shape index (κ1) is 17.2. The van der Waals surface area contributed by atoms with Crippen LogP contribution in [0.1, 0.15) is 16.1 Å². The first-order chi connectivity index (χ1) is 13.2. The standard InChI is InChI=1S/C20H16ClN3O3/c21-15-3-1-2-4-16(15)24-20(25)17-10-14(7-8-22-17)23-11-13-5-6-18-19(9-13)27-12-26-18/h1-10H,11-12H2,(H,22,23)(H,24,25). The zero-order valence-corrected chi connectivity index (χ0v) is 15.0. The Bertz CT molecular complexity index is 994. The third kappa shape index (κ3) is 3.96. The van der Waals surface area contributed by atoms with Crippen LogP contribution in [0.3, 0.4) is 0 Å². The smallest absolute Gasteiger partial charge is 0.274 e. The number of carbonyl (C=O) groups excluding carboxylic acids is 1. The quantitative estimate of drug-likeness (QED) is 0.688. The van der Waals surface area contributed by atoms with E-state index >= 15 is 0 Å². The number of hydrogen-bond donors (Lipinski definition) is 2. The summed E-state index contributed by atoms with van der Waals surface area (Å²) in [6, 6.07) is 16.3. The molecule has 7 heteroatoms. The van der Waals surface area contributed by atoms with Crippen molar-refractivity contribution in [2.24, 2.45) is 0 Å². The maximum Gasteiger partial charge on any atom is 0.274 e. The van der Waals surface area contributed by atoms with Gasteiger partial charge in [-0.1, -0.05) is 29.8 Å². The Morgan fingerprint density at radius 2 is 1.93 bits per heavy atom. The summed E-state index contributed by atoms with van der Waals surface area (Å²) in [4.78, 5) is 16.6. The van der Waals surface area contributed by atoms with Crippen molar-refractivity contribution in [3.63, 3.8) is 0 Å². The highest BCUT2D eigenvalue weighted by atomic mass is 35.5. The molecular weight excluding hydrogens is 366 g/mol. The van der Waals surface area contributed by atoms with Crippen LogP contribution in [0.4, 0.5) is 11.4 Å². The lowest BCUT2D eigenvalue weighted by Gasteiger charge is -2.10. The molecular formula is C20H16ClN3O3. The Morgan fingerprint density at radius 1 is 1.07 bits per heavy atom. The van der Waals surface area contributed by atoms with E-state index in [1.165, 1.54) is 0 Å². The second-order valence-electron chi connectivity index (χ2n) is 5.90. The van der Waals surface area contributed by atoms with Gasteiger partial charge in [-0.3, -0.25) is 9.78 Å². The van der Waals surface area contributed by atoms with Gasteiger partial charge in [-0.25, -0.2) is 0 Å². The van der Waals surface area contributed by atoms with Crippen LogP contribution in [-0.4, -0.2) is 17.7 Å². The molecule has 0 saturated heterocycles. The monoisotopic (exact) mass is 381 g/mol. The van der Waals surface area contributed by atoms with E-state index in [4.69, 9.17) is 21.1 Å². The minimum atomic E-state index is -0.324. The molecule has 2 aromatic carbocycles. The Balaban J connectivity index is 1.43. The molecule has 0 spiro atoms. The van der Waals surface area contributed by atoms with E-state index in [-0.39, 0.29) is 12.7 Å². The van der Waals surface area contributed by atoms with Gasteiger partial charge >= 0.3 is 0 Å². The van der Waals surface area contributed by atoms with Crippen molar-refractivity contribution >= 4 is 28.9 Å². The zero-order valence-electron chi connectivity index (χ0n) is 14.2. The van der Waals surface area contributed by atoms with E-state index in [9.17, 15) is 4.79 Å². The van der Waals surface area contributed by atoms with Gasteiger partial charge in [0, 0.05) is 18.4 Å². The maximum absolute atomic E-state index is 12.4. The molecule has 27 heavy (non-hydrogen) atoms. The Morgan fingerprint density at radius 3 is 2.81 bits per heavy atom. The fourth-order valence-electron chi connectivity index (χ4n) is 2.67. The summed E-state index contributed by atoms with van der Waals surface area (Å²) in [6.07, 6.45) is 1.59. The number of pyridine rings is 1. The van der Waals surface area contributed by atoms with E-state index in [1.54, 1.807) is 42.6 Å². The number of anilines is 2.